The van der Waals surface area contributed by atoms with Gasteiger partial charge in [-0.1, -0.05) is 23.8 Å². The number of carbonyl (C=O) groups excluding carboxylic acids is 1. The Bertz CT molecular complexity index is 953. The summed E-state index contributed by atoms with van der Waals surface area (Å²) < 4.78 is 24.9. The molecular weight excluding hydrogens is 356 g/mol. The van der Waals surface area contributed by atoms with Gasteiger partial charge in [-0.3, -0.25) is 4.79 Å². The van der Waals surface area contributed by atoms with E-state index in [0.717, 1.165) is 0 Å². The number of hydrogen-bond donors (Lipinski definition) is 1. The molecule has 23 heavy (non-hydrogen) atoms. The van der Waals surface area contributed by atoms with Crippen LogP contribution < -0.4 is 0 Å². The lowest BCUT2D eigenvalue weighted by Gasteiger charge is -2.24. The summed E-state index contributed by atoms with van der Waals surface area (Å²) in [5, 5.41) is 0.434. The highest BCUT2D eigenvalue weighted by Gasteiger charge is 2.38. The molecule has 0 fully saturated rings. The molecule has 1 atom stereocenters. The summed E-state index contributed by atoms with van der Waals surface area (Å²) in [5.41, 5.74) is 0.872. The van der Waals surface area contributed by atoms with Crippen LogP contribution in [0.3, 0.4) is 0 Å². The summed E-state index contributed by atoms with van der Waals surface area (Å²) in [6.07, 6.45) is 1.63. The maximum atomic E-state index is 12.7. The van der Waals surface area contributed by atoms with E-state index in [4.69, 9.17) is 23.8 Å². The van der Waals surface area contributed by atoms with Crippen LogP contribution in [0.15, 0.2) is 41.4 Å². The van der Waals surface area contributed by atoms with E-state index in [2.05, 4.69) is 4.98 Å². The first-order chi connectivity index (χ1) is 10.8. The van der Waals surface area contributed by atoms with Crippen molar-refractivity contribution in [3.05, 3.63) is 57.3 Å². The van der Waals surface area contributed by atoms with Crippen LogP contribution in [0.1, 0.15) is 22.0 Å². The van der Waals surface area contributed by atoms with Gasteiger partial charge in [0.15, 0.2) is 9.84 Å². The number of pyridine rings is 1. The van der Waals surface area contributed by atoms with E-state index in [1.165, 1.54) is 17.0 Å². The van der Waals surface area contributed by atoms with Crippen LogP contribution in [0.25, 0.3) is 0 Å². The molecule has 1 N–H and O–H groups in total. The summed E-state index contributed by atoms with van der Waals surface area (Å²) in [6.45, 7) is 0. The zero-order chi connectivity index (χ0) is 16.8. The molecule has 0 aliphatic carbocycles. The van der Waals surface area contributed by atoms with Gasteiger partial charge in [0.25, 0.3) is 5.91 Å². The average molecular weight is 369 g/mol. The molecule has 2 aromatic rings. The van der Waals surface area contributed by atoms with Crippen molar-refractivity contribution in [2.24, 2.45) is 0 Å². The molecular formula is C15H13ClN2O3S2. The van der Waals surface area contributed by atoms with Gasteiger partial charge < -0.3 is 9.88 Å². The predicted octanol–water partition coefficient (Wildman–Crippen LogP) is 3.00. The fraction of sp³-hybridized carbons (Fsp3) is 0.200. The van der Waals surface area contributed by atoms with E-state index in [0.29, 0.717) is 20.8 Å². The lowest BCUT2D eigenvalue weighted by Crippen LogP contribution is -2.32. The molecule has 8 heteroatoms. The molecule has 5 nitrogen and oxygen atoms in total. The second kappa shape index (κ2) is 5.74. The SMILES string of the molecule is CN(C(=O)c1ccc[nH]c1=S)[C@H]1CS(=O)(=O)c2ccc(Cl)cc21. The Morgan fingerprint density at radius 2 is 2.13 bits per heavy atom. The quantitative estimate of drug-likeness (QED) is 0.827. The number of sulfone groups is 1. The highest BCUT2D eigenvalue weighted by molar-refractivity contribution is 7.91. The van der Waals surface area contributed by atoms with Gasteiger partial charge in [-0.25, -0.2) is 8.42 Å². The van der Waals surface area contributed by atoms with Gasteiger partial charge in [-0.05, 0) is 35.9 Å². The summed E-state index contributed by atoms with van der Waals surface area (Å²) in [5.74, 6) is -0.492. The van der Waals surface area contributed by atoms with Crippen LogP contribution in [0.2, 0.25) is 5.02 Å². The van der Waals surface area contributed by atoms with Crippen molar-refractivity contribution in [1.29, 1.82) is 0 Å². The molecule has 0 bridgehead atoms. The third kappa shape index (κ3) is 2.80. The summed E-state index contributed by atoms with van der Waals surface area (Å²) >= 11 is 11.1. The van der Waals surface area contributed by atoms with Crippen LogP contribution >= 0.6 is 23.8 Å². The third-order valence-electron chi connectivity index (χ3n) is 3.88. The van der Waals surface area contributed by atoms with Crippen molar-refractivity contribution in [3.8, 4) is 0 Å². The molecule has 0 saturated carbocycles. The lowest BCUT2D eigenvalue weighted by atomic mass is 10.1. The van der Waals surface area contributed by atoms with Gasteiger partial charge in [0.05, 0.1) is 22.3 Å². The Morgan fingerprint density at radius 1 is 1.39 bits per heavy atom. The standard InChI is InChI=1S/C15H13ClN2O3S2/c1-18(15(19)10-3-2-6-17-14(10)22)12-8-23(20,21)13-5-4-9(16)7-11(12)13/h2-7,12H,8H2,1H3,(H,17,22)/t12-/m0/s1. The molecule has 3 rings (SSSR count). The number of benzene rings is 1. The fourth-order valence-corrected chi connectivity index (χ4v) is 4.92. The number of fused-ring (bicyclic) bond motifs is 1. The van der Waals surface area contributed by atoms with Crippen molar-refractivity contribution in [1.82, 2.24) is 9.88 Å². The monoisotopic (exact) mass is 368 g/mol. The van der Waals surface area contributed by atoms with Crippen LogP contribution in [-0.2, 0) is 9.84 Å². The fourth-order valence-electron chi connectivity index (χ4n) is 2.69. The molecule has 0 spiro atoms. The summed E-state index contributed by atoms with van der Waals surface area (Å²) in [6, 6.07) is 7.32. The minimum Gasteiger partial charge on any atom is -0.352 e. The zero-order valence-corrected chi connectivity index (χ0v) is 14.5. The van der Waals surface area contributed by atoms with E-state index in [1.54, 1.807) is 31.4 Å². The molecule has 2 heterocycles. The lowest BCUT2D eigenvalue weighted by molar-refractivity contribution is 0.0745. The second-order valence-corrected chi connectivity index (χ2v) is 8.16. The Morgan fingerprint density at radius 3 is 2.83 bits per heavy atom. The Hall–Kier alpha value is -1.70. The predicted molar refractivity (Wildman–Crippen MR) is 90.0 cm³/mol. The number of rotatable bonds is 2. The van der Waals surface area contributed by atoms with Crippen LogP contribution in [0.5, 0.6) is 0 Å². The minimum atomic E-state index is -3.43. The number of nitrogens with zero attached hydrogens (tertiary/aromatic N) is 1. The number of nitrogens with one attached hydrogen (secondary N) is 1. The molecule has 0 radical (unpaired) electrons. The Kier molecular flexibility index (Phi) is 4.03. The topological polar surface area (TPSA) is 70.2 Å². The smallest absolute Gasteiger partial charge is 0.257 e. The van der Waals surface area contributed by atoms with Gasteiger partial charge in [0, 0.05) is 18.3 Å². The molecule has 1 aliphatic rings. The van der Waals surface area contributed by atoms with Gasteiger partial charge in [-0.15, -0.1) is 0 Å². The highest BCUT2D eigenvalue weighted by atomic mass is 35.5. The van der Waals surface area contributed by atoms with E-state index in [1.807, 2.05) is 0 Å². The summed E-state index contributed by atoms with van der Waals surface area (Å²) in [4.78, 5) is 17.1. The molecule has 0 unspecified atom stereocenters. The molecule has 1 aromatic carbocycles. The van der Waals surface area contributed by atoms with Gasteiger partial charge in [0.1, 0.15) is 4.64 Å². The van der Waals surface area contributed by atoms with E-state index in [9.17, 15) is 13.2 Å². The number of H-pyrrole nitrogens is 1. The maximum absolute atomic E-state index is 12.7. The Balaban J connectivity index is 2.04. The van der Waals surface area contributed by atoms with Gasteiger partial charge in [0.2, 0.25) is 0 Å². The number of hydrogen-bond acceptors (Lipinski definition) is 4. The molecule has 1 aliphatic heterocycles. The number of aromatic amines is 1. The number of carbonyl (C=O) groups is 1. The average Bonchev–Trinajstić information content (AvgIpc) is 2.77. The number of amides is 1. The van der Waals surface area contributed by atoms with Gasteiger partial charge >= 0.3 is 0 Å². The van der Waals surface area contributed by atoms with Crippen molar-refractivity contribution in [2.45, 2.75) is 10.9 Å². The van der Waals surface area contributed by atoms with E-state index >= 15 is 0 Å². The third-order valence-corrected chi connectivity index (χ3v) is 6.25. The normalized spacial score (nSPS) is 18.4. The highest BCUT2D eigenvalue weighted by Crippen LogP contribution is 2.38. The summed E-state index contributed by atoms with van der Waals surface area (Å²) in [7, 11) is -1.86. The van der Waals surface area contributed by atoms with Crippen LogP contribution in [0, 0.1) is 4.64 Å². The van der Waals surface area contributed by atoms with Crippen molar-refractivity contribution in [3.63, 3.8) is 0 Å². The largest absolute Gasteiger partial charge is 0.352 e. The van der Waals surface area contributed by atoms with E-state index < -0.39 is 15.9 Å². The maximum Gasteiger partial charge on any atom is 0.257 e. The van der Waals surface area contributed by atoms with Crippen molar-refractivity contribution in [2.75, 3.05) is 12.8 Å². The first-order valence-corrected chi connectivity index (χ1v) is 9.22. The first kappa shape index (κ1) is 16.2. The molecule has 1 aromatic heterocycles. The number of halogens is 1. The second-order valence-electron chi connectivity index (χ2n) is 5.31. The molecule has 0 saturated heterocycles. The van der Waals surface area contributed by atoms with Crippen LogP contribution in [-0.4, -0.2) is 37.0 Å². The molecule has 1 amide bonds. The molecule has 120 valence electrons. The first-order valence-electron chi connectivity index (χ1n) is 6.78. The van der Waals surface area contributed by atoms with E-state index in [-0.39, 0.29) is 16.6 Å². The van der Waals surface area contributed by atoms with Crippen LogP contribution in [0.4, 0.5) is 0 Å². The van der Waals surface area contributed by atoms with Crippen molar-refractivity contribution < 1.29 is 13.2 Å². The number of aromatic nitrogens is 1. The minimum absolute atomic E-state index is 0.159. The Labute approximate surface area is 143 Å². The zero-order valence-electron chi connectivity index (χ0n) is 12.1. The van der Waals surface area contributed by atoms with Gasteiger partial charge in [-0.2, -0.15) is 0 Å². The van der Waals surface area contributed by atoms with Crippen molar-refractivity contribution >= 4 is 39.6 Å².